The van der Waals surface area contributed by atoms with Crippen LogP contribution < -0.4 is 9.47 Å². The molecule has 0 radical (unpaired) electrons. The quantitative estimate of drug-likeness (QED) is 0.245. The summed E-state index contributed by atoms with van der Waals surface area (Å²) in [6.45, 7) is 2.05. The molecule has 9 heteroatoms. The minimum Gasteiger partial charge on any atom is -0.459 e. The van der Waals surface area contributed by atoms with Crippen molar-refractivity contribution in [1.29, 1.82) is 0 Å². The lowest BCUT2D eigenvalue weighted by Crippen LogP contribution is -2.22. The number of rotatable bonds is 9. The summed E-state index contributed by atoms with van der Waals surface area (Å²) >= 11 is 0. The highest BCUT2D eigenvalue weighted by atomic mass is 19.3. The summed E-state index contributed by atoms with van der Waals surface area (Å²) in [5, 5.41) is 0. The second-order valence-electron chi connectivity index (χ2n) is 6.99. The molecule has 3 nitrogen and oxygen atoms in total. The Labute approximate surface area is 186 Å². The third kappa shape index (κ3) is 6.27. The van der Waals surface area contributed by atoms with E-state index < -0.39 is 41.2 Å². The van der Waals surface area contributed by atoms with Crippen molar-refractivity contribution < 1.29 is 35.8 Å². The number of allylic oxidation sites excluding steroid dienone is 1. The normalized spacial score (nSPS) is 11.9. The van der Waals surface area contributed by atoms with Crippen LogP contribution in [0.25, 0.3) is 11.3 Å². The van der Waals surface area contributed by atoms with E-state index in [4.69, 9.17) is 0 Å². The lowest BCUT2D eigenvalue weighted by Gasteiger charge is -2.19. The molecule has 0 atom stereocenters. The van der Waals surface area contributed by atoms with Gasteiger partial charge in [0.25, 0.3) is 6.43 Å². The minimum atomic E-state index is -3.91. The average Bonchev–Trinajstić information content (AvgIpc) is 2.76. The van der Waals surface area contributed by atoms with Crippen molar-refractivity contribution in [1.82, 2.24) is 4.98 Å². The Hall–Kier alpha value is -3.49. The smallest absolute Gasteiger partial charge is 0.426 e. The van der Waals surface area contributed by atoms with Gasteiger partial charge < -0.3 is 9.47 Å². The number of aromatic nitrogens is 1. The lowest BCUT2D eigenvalue weighted by atomic mass is 10.1. The molecule has 3 aromatic rings. The molecule has 0 spiro atoms. The molecule has 0 fully saturated rings. The molecule has 174 valence electrons. The average molecular weight is 467 g/mol. The molecule has 0 bridgehead atoms. The monoisotopic (exact) mass is 467 g/mol. The first-order valence-corrected chi connectivity index (χ1v) is 9.92. The van der Waals surface area contributed by atoms with E-state index in [0.717, 1.165) is 30.5 Å². The van der Waals surface area contributed by atoms with Gasteiger partial charge >= 0.3 is 6.11 Å². The molecule has 2 aromatic carbocycles. The van der Waals surface area contributed by atoms with Gasteiger partial charge in [0.15, 0.2) is 17.4 Å². The van der Waals surface area contributed by atoms with Gasteiger partial charge in [0, 0.05) is 30.0 Å². The molecule has 0 saturated heterocycles. The zero-order valence-corrected chi connectivity index (χ0v) is 17.4. The summed E-state index contributed by atoms with van der Waals surface area (Å²) in [6.07, 6.45) is -2.55. The number of benzene rings is 2. The van der Waals surface area contributed by atoms with Gasteiger partial charge in [-0.3, -0.25) is 4.98 Å². The molecule has 0 aliphatic rings. The van der Waals surface area contributed by atoms with Crippen molar-refractivity contribution in [3.05, 3.63) is 89.8 Å². The summed E-state index contributed by atoms with van der Waals surface area (Å²) in [6, 6.07) is 9.76. The highest BCUT2D eigenvalue weighted by Crippen LogP contribution is 2.35. The fourth-order valence-electron chi connectivity index (χ4n) is 2.95. The van der Waals surface area contributed by atoms with E-state index in [1.54, 1.807) is 12.3 Å². The number of hydrogen-bond donors (Lipinski definition) is 0. The van der Waals surface area contributed by atoms with E-state index in [1.165, 1.54) is 12.1 Å². The number of halogens is 6. The van der Waals surface area contributed by atoms with Gasteiger partial charge in [0.2, 0.25) is 0 Å². The number of hydrogen-bond acceptors (Lipinski definition) is 3. The fourth-order valence-corrected chi connectivity index (χ4v) is 2.95. The highest BCUT2D eigenvalue weighted by molar-refractivity contribution is 5.59. The fraction of sp³-hybridized carbons (Fsp3) is 0.208. The van der Waals surface area contributed by atoms with Crippen molar-refractivity contribution in [3.63, 3.8) is 0 Å². The molecule has 0 amide bonds. The molecule has 1 aromatic heterocycles. The largest absolute Gasteiger partial charge is 0.459 e. The van der Waals surface area contributed by atoms with Gasteiger partial charge in [-0.05, 0) is 30.2 Å². The first-order valence-electron chi connectivity index (χ1n) is 9.92. The number of nitrogens with zero attached hydrogens (tertiary/aromatic N) is 1. The van der Waals surface area contributed by atoms with E-state index in [1.807, 2.05) is 13.0 Å². The van der Waals surface area contributed by atoms with Crippen LogP contribution in [-0.2, 0) is 12.5 Å². The van der Waals surface area contributed by atoms with Crippen LogP contribution in [0.15, 0.2) is 67.1 Å². The summed E-state index contributed by atoms with van der Waals surface area (Å²) < 4.78 is 90.2. The summed E-state index contributed by atoms with van der Waals surface area (Å²) in [7, 11) is 0. The zero-order valence-electron chi connectivity index (χ0n) is 17.4. The van der Waals surface area contributed by atoms with E-state index in [-0.39, 0.29) is 6.08 Å². The first-order chi connectivity index (χ1) is 15.7. The number of aryl methyl sites for hydroxylation is 1. The molecule has 0 aliphatic carbocycles. The minimum absolute atomic E-state index is 0.260. The van der Waals surface area contributed by atoms with E-state index in [2.05, 4.69) is 14.5 Å². The van der Waals surface area contributed by atoms with Gasteiger partial charge in [0.05, 0.1) is 17.5 Å². The summed E-state index contributed by atoms with van der Waals surface area (Å²) in [5.74, 6) is -4.62. The number of ether oxygens (including phenoxy) is 2. The van der Waals surface area contributed by atoms with Crippen LogP contribution in [0.5, 0.6) is 11.5 Å². The van der Waals surface area contributed by atoms with Crippen molar-refractivity contribution in [3.8, 4) is 22.8 Å². The maximum atomic E-state index is 14.6. The maximum absolute atomic E-state index is 14.6. The van der Waals surface area contributed by atoms with Crippen molar-refractivity contribution in [2.75, 3.05) is 0 Å². The third-order valence-corrected chi connectivity index (χ3v) is 4.51. The second-order valence-corrected chi connectivity index (χ2v) is 6.99. The summed E-state index contributed by atoms with van der Waals surface area (Å²) in [4.78, 5) is 4.33. The second kappa shape index (κ2) is 10.4. The van der Waals surface area contributed by atoms with Gasteiger partial charge in [-0.25, -0.2) is 17.6 Å². The van der Waals surface area contributed by atoms with E-state index >= 15 is 0 Å². The van der Waals surface area contributed by atoms with Crippen LogP contribution in [-0.4, -0.2) is 11.4 Å². The predicted octanol–water partition coefficient (Wildman–Crippen LogP) is 7.27. The van der Waals surface area contributed by atoms with Gasteiger partial charge in [-0.15, -0.1) is 0 Å². The maximum Gasteiger partial charge on any atom is 0.426 e. The Morgan fingerprint density at radius 1 is 1.00 bits per heavy atom. The van der Waals surface area contributed by atoms with E-state index in [0.29, 0.717) is 29.7 Å². The van der Waals surface area contributed by atoms with Crippen LogP contribution >= 0.6 is 0 Å². The predicted molar refractivity (Wildman–Crippen MR) is 110 cm³/mol. The number of pyridine rings is 1. The van der Waals surface area contributed by atoms with Crippen molar-refractivity contribution in [2.45, 2.75) is 32.3 Å². The Kier molecular flexibility index (Phi) is 7.63. The van der Waals surface area contributed by atoms with E-state index in [9.17, 15) is 26.3 Å². The molecule has 1 heterocycles. The van der Waals surface area contributed by atoms with Gasteiger partial charge in [0.1, 0.15) is 5.75 Å². The number of alkyl halides is 4. The van der Waals surface area contributed by atoms with Crippen LogP contribution in [0, 0.1) is 11.6 Å². The molecule has 0 aliphatic heterocycles. The standard InChI is InChI=1S/C24H19F6NO2/c1-2-3-15-4-9-21(31-14-15)16-5-7-17(8-6-16)24(29,30)33-18-12-19(25)23(20(26)13-18)32-11-10-22(27)28/h4-14,22H,2-3H2,1H3. The molecule has 3 rings (SSSR count). The molecule has 0 unspecified atom stereocenters. The molecular formula is C24H19F6NO2. The summed E-state index contributed by atoms with van der Waals surface area (Å²) in [5.41, 5.74) is 1.73. The van der Waals surface area contributed by atoms with Crippen LogP contribution in [0.2, 0.25) is 0 Å². The Morgan fingerprint density at radius 3 is 2.21 bits per heavy atom. The third-order valence-electron chi connectivity index (χ3n) is 4.51. The topological polar surface area (TPSA) is 31.4 Å². The van der Waals surface area contributed by atoms with Crippen LogP contribution in [0.4, 0.5) is 26.3 Å². The Bertz CT molecular complexity index is 1080. The zero-order chi connectivity index (χ0) is 24.0. The highest BCUT2D eigenvalue weighted by Gasteiger charge is 2.35. The van der Waals surface area contributed by atoms with Crippen LogP contribution in [0.3, 0.4) is 0 Å². The van der Waals surface area contributed by atoms with Crippen LogP contribution in [0.1, 0.15) is 24.5 Å². The first kappa shape index (κ1) is 24.2. The Morgan fingerprint density at radius 2 is 1.67 bits per heavy atom. The SMILES string of the molecule is CCCc1ccc(-c2ccc(C(F)(F)Oc3cc(F)c(OC=CC(F)F)c(F)c3)cc2)nc1. The van der Waals surface area contributed by atoms with Gasteiger partial charge in [-0.1, -0.05) is 31.5 Å². The molecule has 33 heavy (non-hydrogen) atoms. The molecule has 0 saturated carbocycles. The molecular weight excluding hydrogens is 448 g/mol. The van der Waals surface area contributed by atoms with Gasteiger partial charge in [-0.2, -0.15) is 8.78 Å². The Balaban J connectivity index is 1.74. The molecule has 0 N–H and O–H groups in total. The van der Waals surface area contributed by atoms with Crippen molar-refractivity contribution >= 4 is 0 Å². The lowest BCUT2D eigenvalue weighted by molar-refractivity contribution is -0.185. The van der Waals surface area contributed by atoms with Crippen molar-refractivity contribution in [2.24, 2.45) is 0 Å².